The van der Waals surface area contributed by atoms with Crippen LogP contribution >= 0.6 is 11.3 Å². The normalized spacial score (nSPS) is 11.7. The lowest BCUT2D eigenvalue weighted by molar-refractivity contribution is -0.116. The van der Waals surface area contributed by atoms with Crippen LogP contribution in [0.2, 0.25) is 0 Å². The van der Waals surface area contributed by atoms with Crippen LogP contribution in [0.15, 0.2) is 59.7 Å². The van der Waals surface area contributed by atoms with Gasteiger partial charge in [-0.15, -0.1) is 11.3 Å². The Balaban J connectivity index is 1.62. The molecule has 0 saturated heterocycles. The van der Waals surface area contributed by atoms with Gasteiger partial charge in [0.15, 0.2) is 0 Å². The van der Waals surface area contributed by atoms with E-state index in [1.54, 1.807) is 0 Å². The largest absolute Gasteiger partial charge is 0.325 e. The highest BCUT2D eigenvalue weighted by molar-refractivity contribution is 7.19. The Hall–Kier alpha value is -3.25. The smallest absolute Gasteiger partial charge is 0.263 e. The monoisotopic (exact) mass is 445 g/mol. The third-order valence-corrected chi connectivity index (χ3v) is 6.56. The molecule has 2 heterocycles. The summed E-state index contributed by atoms with van der Waals surface area (Å²) in [6.07, 6.45) is 1.46. The molecule has 164 valence electrons. The topological polar surface area (TPSA) is 64.0 Å². The molecule has 0 aliphatic rings. The summed E-state index contributed by atoms with van der Waals surface area (Å²) in [7, 11) is 0. The van der Waals surface area contributed by atoms with Gasteiger partial charge in [0.1, 0.15) is 11.4 Å². The standard InChI is InChI=1S/C26H27N3O2S/c1-16-6-8-18(9-7-16)22-17(2)32-24-23(22)25(31)29(15-27-24)14-21(30)28-20-12-10-19(11-13-20)26(3,4)5/h6-13,15H,14H2,1-5H3,(H,28,30). The summed E-state index contributed by atoms with van der Waals surface area (Å²) in [5.74, 6) is -0.263. The van der Waals surface area contributed by atoms with Crippen LogP contribution in [-0.2, 0) is 16.8 Å². The Morgan fingerprint density at radius 1 is 1.03 bits per heavy atom. The van der Waals surface area contributed by atoms with Crippen molar-refractivity contribution in [3.05, 3.63) is 81.2 Å². The highest BCUT2D eigenvalue weighted by atomic mass is 32.1. The van der Waals surface area contributed by atoms with Gasteiger partial charge in [-0.3, -0.25) is 14.2 Å². The molecule has 32 heavy (non-hydrogen) atoms. The molecule has 0 atom stereocenters. The van der Waals surface area contributed by atoms with Crippen LogP contribution in [0.5, 0.6) is 0 Å². The van der Waals surface area contributed by atoms with Crippen LogP contribution in [0.4, 0.5) is 5.69 Å². The molecule has 0 aliphatic heterocycles. The van der Waals surface area contributed by atoms with Crippen molar-refractivity contribution in [3.63, 3.8) is 0 Å². The molecule has 2 aromatic heterocycles. The van der Waals surface area contributed by atoms with Gasteiger partial charge >= 0.3 is 0 Å². The van der Waals surface area contributed by atoms with Gasteiger partial charge in [-0.05, 0) is 42.5 Å². The Bertz CT molecular complexity index is 1340. The van der Waals surface area contributed by atoms with E-state index in [0.717, 1.165) is 21.6 Å². The first-order valence-electron chi connectivity index (χ1n) is 10.6. The van der Waals surface area contributed by atoms with Crippen LogP contribution in [0.3, 0.4) is 0 Å². The molecule has 0 aliphatic carbocycles. The molecule has 0 unspecified atom stereocenters. The van der Waals surface area contributed by atoms with E-state index in [1.165, 1.54) is 27.8 Å². The number of nitrogens with zero attached hydrogens (tertiary/aromatic N) is 2. The third-order valence-electron chi connectivity index (χ3n) is 5.54. The lowest BCUT2D eigenvalue weighted by Crippen LogP contribution is -2.27. The second kappa shape index (κ2) is 8.36. The maximum atomic E-state index is 13.3. The van der Waals surface area contributed by atoms with Crippen LogP contribution in [0, 0.1) is 13.8 Å². The Morgan fingerprint density at radius 2 is 1.69 bits per heavy atom. The summed E-state index contributed by atoms with van der Waals surface area (Å²) in [6.45, 7) is 10.4. The summed E-state index contributed by atoms with van der Waals surface area (Å²) in [4.78, 5) is 32.1. The van der Waals surface area contributed by atoms with E-state index in [9.17, 15) is 9.59 Å². The molecule has 4 aromatic rings. The van der Waals surface area contributed by atoms with Crippen LogP contribution in [0.25, 0.3) is 21.3 Å². The van der Waals surface area contributed by atoms with Gasteiger partial charge in [-0.2, -0.15) is 0 Å². The molecular formula is C26H27N3O2S. The fourth-order valence-corrected chi connectivity index (χ4v) is 4.73. The Morgan fingerprint density at radius 3 is 2.31 bits per heavy atom. The fraction of sp³-hybridized carbons (Fsp3) is 0.269. The summed E-state index contributed by atoms with van der Waals surface area (Å²) in [5, 5.41) is 3.45. The molecule has 6 heteroatoms. The third kappa shape index (κ3) is 4.36. The Kier molecular flexibility index (Phi) is 5.73. The van der Waals surface area contributed by atoms with E-state index in [4.69, 9.17) is 0 Å². The minimum absolute atomic E-state index is 0.0464. The number of fused-ring (bicyclic) bond motifs is 1. The minimum atomic E-state index is -0.263. The number of hydrogen-bond donors (Lipinski definition) is 1. The number of benzene rings is 2. The number of thiophene rings is 1. The van der Waals surface area contributed by atoms with Crippen LogP contribution in [0.1, 0.15) is 36.8 Å². The predicted molar refractivity (Wildman–Crippen MR) is 133 cm³/mol. The summed E-state index contributed by atoms with van der Waals surface area (Å²) in [5.41, 5.74) is 4.79. The van der Waals surface area contributed by atoms with Gasteiger partial charge < -0.3 is 5.32 Å². The van der Waals surface area contributed by atoms with Gasteiger partial charge in [0, 0.05) is 16.1 Å². The summed E-state index contributed by atoms with van der Waals surface area (Å²) < 4.78 is 1.38. The Labute approximate surface area is 191 Å². The van der Waals surface area contributed by atoms with Crippen LogP contribution in [-0.4, -0.2) is 15.5 Å². The molecular weight excluding hydrogens is 418 g/mol. The zero-order chi connectivity index (χ0) is 23.0. The van der Waals surface area contributed by atoms with E-state index < -0.39 is 0 Å². The van der Waals surface area contributed by atoms with Crippen molar-refractivity contribution in [1.82, 2.24) is 9.55 Å². The first-order valence-corrected chi connectivity index (χ1v) is 11.4. The van der Waals surface area contributed by atoms with E-state index in [-0.39, 0.29) is 23.4 Å². The van der Waals surface area contributed by atoms with Gasteiger partial charge in [0.05, 0.1) is 11.7 Å². The number of nitrogens with one attached hydrogen (secondary N) is 1. The first kappa shape index (κ1) is 22.0. The number of amides is 1. The van der Waals surface area contributed by atoms with E-state index in [0.29, 0.717) is 15.9 Å². The average Bonchev–Trinajstić information content (AvgIpc) is 3.07. The maximum absolute atomic E-state index is 13.3. The van der Waals surface area contributed by atoms with Crippen molar-refractivity contribution in [2.24, 2.45) is 0 Å². The van der Waals surface area contributed by atoms with E-state index in [2.05, 4.69) is 31.1 Å². The summed E-state index contributed by atoms with van der Waals surface area (Å²) in [6, 6.07) is 15.9. The highest BCUT2D eigenvalue weighted by Gasteiger charge is 2.18. The lowest BCUT2D eigenvalue weighted by atomic mass is 9.87. The minimum Gasteiger partial charge on any atom is -0.325 e. The number of hydrogen-bond acceptors (Lipinski definition) is 4. The van der Waals surface area contributed by atoms with E-state index >= 15 is 0 Å². The molecule has 4 rings (SSSR count). The molecule has 0 saturated carbocycles. The van der Waals surface area contributed by atoms with Crippen molar-refractivity contribution in [3.8, 4) is 11.1 Å². The molecule has 0 fully saturated rings. The number of aromatic nitrogens is 2. The summed E-state index contributed by atoms with van der Waals surface area (Å²) >= 11 is 1.50. The molecule has 0 bridgehead atoms. The van der Waals surface area contributed by atoms with E-state index in [1.807, 2.05) is 62.4 Å². The zero-order valence-electron chi connectivity index (χ0n) is 19.0. The van der Waals surface area contributed by atoms with Gasteiger partial charge in [0.25, 0.3) is 5.56 Å². The number of aryl methyl sites for hydroxylation is 2. The van der Waals surface area contributed by atoms with Crippen LogP contribution < -0.4 is 10.9 Å². The first-order chi connectivity index (χ1) is 15.1. The average molecular weight is 446 g/mol. The zero-order valence-corrected chi connectivity index (χ0v) is 19.8. The second-order valence-electron chi connectivity index (χ2n) is 9.13. The van der Waals surface area contributed by atoms with Crippen molar-refractivity contribution < 1.29 is 4.79 Å². The number of rotatable bonds is 4. The maximum Gasteiger partial charge on any atom is 0.263 e. The van der Waals surface area contributed by atoms with Crippen molar-refractivity contribution in [2.45, 2.75) is 46.6 Å². The number of carbonyl (C=O) groups excluding carboxylic acids is 1. The number of anilines is 1. The predicted octanol–water partition coefficient (Wildman–Crippen LogP) is 5.68. The molecule has 1 N–H and O–H groups in total. The molecule has 1 amide bonds. The van der Waals surface area contributed by atoms with Gasteiger partial charge in [-0.1, -0.05) is 62.7 Å². The van der Waals surface area contributed by atoms with Crippen molar-refractivity contribution in [2.75, 3.05) is 5.32 Å². The van der Waals surface area contributed by atoms with Crippen molar-refractivity contribution >= 4 is 33.1 Å². The molecule has 0 spiro atoms. The van der Waals surface area contributed by atoms with Gasteiger partial charge in [-0.25, -0.2) is 4.98 Å². The quantitative estimate of drug-likeness (QED) is 0.440. The number of carbonyl (C=O) groups is 1. The lowest BCUT2D eigenvalue weighted by Gasteiger charge is -2.19. The van der Waals surface area contributed by atoms with Crippen molar-refractivity contribution in [1.29, 1.82) is 0 Å². The van der Waals surface area contributed by atoms with Gasteiger partial charge in [0.2, 0.25) is 5.91 Å². The second-order valence-corrected chi connectivity index (χ2v) is 10.3. The highest BCUT2D eigenvalue weighted by Crippen LogP contribution is 2.35. The molecule has 0 radical (unpaired) electrons. The molecule has 2 aromatic carbocycles. The fourth-order valence-electron chi connectivity index (χ4n) is 3.73. The SMILES string of the molecule is Cc1ccc(-c2c(C)sc3ncn(CC(=O)Nc4ccc(C(C)(C)C)cc4)c(=O)c23)cc1. The molecule has 5 nitrogen and oxygen atoms in total.